The van der Waals surface area contributed by atoms with Crippen molar-refractivity contribution in [1.82, 2.24) is 0 Å². The van der Waals surface area contributed by atoms with Crippen molar-refractivity contribution in [3.63, 3.8) is 0 Å². The van der Waals surface area contributed by atoms with Crippen LogP contribution in [0.15, 0.2) is 22.7 Å². The number of carbonyl (C=O) groups excluding carboxylic acids is 1. The molecule has 74 valence electrons. The highest BCUT2D eigenvalue weighted by molar-refractivity contribution is 9.10. The third-order valence-corrected chi connectivity index (χ3v) is 3.39. The Bertz CT molecular complexity index is 372. The lowest BCUT2D eigenvalue weighted by atomic mass is 10.1. The van der Waals surface area contributed by atoms with Gasteiger partial charge in [-0.05, 0) is 30.5 Å². The lowest BCUT2D eigenvalue weighted by molar-refractivity contribution is -0.119. The number of halogens is 2. The highest BCUT2D eigenvalue weighted by atomic mass is 79.9. The van der Waals surface area contributed by atoms with Crippen molar-refractivity contribution in [3.05, 3.63) is 33.3 Å². The smallest absolute Gasteiger partial charge is 0.140 e. The Balaban J connectivity index is 2.11. The maximum atomic E-state index is 11.6. The first-order valence-corrected chi connectivity index (χ1v) is 5.80. The Morgan fingerprint density at radius 2 is 2.21 bits per heavy atom. The summed E-state index contributed by atoms with van der Waals surface area (Å²) in [6, 6.07) is 5.56. The molecule has 0 spiro atoms. The molecule has 1 aromatic rings. The molecular weight excluding hydrogens is 263 g/mol. The summed E-state index contributed by atoms with van der Waals surface area (Å²) >= 11 is 9.22. The van der Waals surface area contributed by atoms with Gasteiger partial charge in [-0.1, -0.05) is 33.6 Å². The summed E-state index contributed by atoms with van der Waals surface area (Å²) in [5, 5.41) is 0.694. The molecule has 14 heavy (non-hydrogen) atoms. The van der Waals surface area contributed by atoms with E-state index in [2.05, 4.69) is 15.9 Å². The van der Waals surface area contributed by atoms with Crippen molar-refractivity contribution in [2.24, 2.45) is 5.92 Å². The van der Waals surface area contributed by atoms with Crippen LogP contribution in [0.2, 0.25) is 5.02 Å². The maximum absolute atomic E-state index is 11.6. The van der Waals surface area contributed by atoms with E-state index in [9.17, 15) is 4.79 Å². The molecule has 1 aliphatic carbocycles. The largest absolute Gasteiger partial charge is 0.299 e. The topological polar surface area (TPSA) is 17.1 Å². The van der Waals surface area contributed by atoms with Crippen LogP contribution in [0, 0.1) is 5.92 Å². The Labute approximate surface area is 96.6 Å². The Morgan fingerprint density at radius 3 is 2.79 bits per heavy atom. The van der Waals surface area contributed by atoms with Crippen LogP contribution in [-0.4, -0.2) is 5.78 Å². The van der Waals surface area contributed by atoms with Gasteiger partial charge >= 0.3 is 0 Å². The van der Waals surface area contributed by atoms with Crippen LogP contribution in [0.1, 0.15) is 18.4 Å². The van der Waals surface area contributed by atoms with Gasteiger partial charge in [-0.3, -0.25) is 4.79 Å². The second kappa shape index (κ2) is 4.03. The summed E-state index contributed by atoms with van der Waals surface area (Å²) in [5.74, 6) is 0.686. The van der Waals surface area contributed by atoms with Crippen LogP contribution in [0.5, 0.6) is 0 Å². The predicted octanol–water partition coefficient (Wildman–Crippen LogP) is 3.62. The number of rotatable bonds is 3. The highest BCUT2D eigenvalue weighted by Gasteiger charge is 2.29. The van der Waals surface area contributed by atoms with Gasteiger partial charge in [0.1, 0.15) is 5.78 Å². The maximum Gasteiger partial charge on any atom is 0.140 e. The Morgan fingerprint density at radius 1 is 1.50 bits per heavy atom. The number of Topliss-reactive ketones (excluding diaryl/α,β-unsaturated/α-hetero) is 1. The first-order valence-electron chi connectivity index (χ1n) is 4.63. The van der Waals surface area contributed by atoms with Crippen LogP contribution in [-0.2, 0) is 11.2 Å². The number of benzene rings is 1. The minimum absolute atomic E-state index is 0.331. The first-order chi connectivity index (χ1) is 6.66. The first kappa shape index (κ1) is 10.2. The predicted molar refractivity (Wildman–Crippen MR) is 60.6 cm³/mol. The zero-order valence-electron chi connectivity index (χ0n) is 7.59. The van der Waals surface area contributed by atoms with Crippen molar-refractivity contribution in [1.29, 1.82) is 0 Å². The van der Waals surface area contributed by atoms with E-state index in [0.29, 0.717) is 23.1 Å². The van der Waals surface area contributed by atoms with Gasteiger partial charge in [-0.2, -0.15) is 0 Å². The zero-order chi connectivity index (χ0) is 10.1. The molecule has 0 heterocycles. The number of hydrogen-bond acceptors (Lipinski definition) is 1. The zero-order valence-corrected chi connectivity index (χ0v) is 9.94. The minimum Gasteiger partial charge on any atom is -0.299 e. The van der Waals surface area contributed by atoms with Crippen molar-refractivity contribution in [2.75, 3.05) is 0 Å². The Hall–Kier alpha value is -0.340. The van der Waals surface area contributed by atoms with E-state index in [-0.39, 0.29) is 0 Å². The number of ketones is 1. The number of carbonyl (C=O) groups is 1. The van der Waals surface area contributed by atoms with Crippen molar-refractivity contribution in [3.8, 4) is 0 Å². The second-order valence-corrected chi connectivity index (χ2v) is 4.94. The summed E-state index contributed by atoms with van der Waals surface area (Å²) in [5.41, 5.74) is 1.03. The molecule has 0 atom stereocenters. The van der Waals surface area contributed by atoms with E-state index in [1.54, 1.807) is 0 Å². The molecule has 0 bridgehead atoms. The molecule has 0 unspecified atom stereocenters. The van der Waals surface area contributed by atoms with Gasteiger partial charge in [0.05, 0.1) is 0 Å². The molecule has 1 nitrogen and oxygen atoms in total. The fraction of sp³-hybridized carbons (Fsp3) is 0.364. The summed E-state index contributed by atoms with van der Waals surface area (Å²) < 4.78 is 0.930. The summed E-state index contributed by atoms with van der Waals surface area (Å²) in [4.78, 5) is 11.6. The fourth-order valence-electron chi connectivity index (χ4n) is 1.40. The van der Waals surface area contributed by atoms with Gasteiger partial charge in [0.15, 0.2) is 0 Å². The third kappa shape index (κ3) is 2.37. The quantitative estimate of drug-likeness (QED) is 0.822. The second-order valence-electron chi connectivity index (χ2n) is 3.65. The molecular formula is C11H10BrClO. The molecule has 1 aromatic carbocycles. The molecule has 1 aliphatic rings. The molecule has 0 aromatic heterocycles. The minimum atomic E-state index is 0.331. The van der Waals surface area contributed by atoms with E-state index < -0.39 is 0 Å². The average Bonchev–Trinajstić information content (AvgIpc) is 2.92. The SMILES string of the molecule is O=C(Cc1ccc(Cl)cc1Br)C1CC1. The average molecular weight is 274 g/mol. The molecule has 1 saturated carbocycles. The van der Waals surface area contributed by atoms with Gasteiger partial charge in [-0.15, -0.1) is 0 Å². The highest BCUT2D eigenvalue weighted by Crippen LogP contribution is 2.32. The molecule has 0 aliphatic heterocycles. The molecule has 0 amide bonds. The van der Waals surface area contributed by atoms with Gasteiger partial charge in [-0.25, -0.2) is 0 Å². The molecule has 0 saturated heterocycles. The molecule has 2 rings (SSSR count). The molecule has 0 radical (unpaired) electrons. The third-order valence-electron chi connectivity index (χ3n) is 2.41. The molecule has 0 N–H and O–H groups in total. The molecule has 1 fully saturated rings. The fourth-order valence-corrected chi connectivity index (χ4v) is 2.23. The monoisotopic (exact) mass is 272 g/mol. The van der Waals surface area contributed by atoms with Gasteiger partial charge in [0, 0.05) is 21.8 Å². The number of hydrogen-bond donors (Lipinski definition) is 0. The van der Waals surface area contributed by atoms with Crippen molar-refractivity contribution < 1.29 is 4.79 Å². The van der Waals surface area contributed by atoms with Crippen LogP contribution in [0.25, 0.3) is 0 Å². The summed E-state index contributed by atoms with van der Waals surface area (Å²) in [7, 11) is 0. The standard InChI is InChI=1S/C11H10BrClO/c12-10-6-9(13)4-3-8(10)5-11(14)7-1-2-7/h3-4,6-7H,1-2,5H2. The lowest BCUT2D eigenvalue weighted by Crippen LogP contribution is -2.04. The van der Waals surface area contributed by atoms with Crippen LogP contribution < -0.4 is 0 Å². The summed E-state index contributed by atoms with van der Waals surface area (Å²) in [6.45, 7) is 0. The van der Waals surface area contributed by atoms with E-state index >= 15 is 0 Å². The molecule has 3 heteroatoms. The summed E-state index contributed by atoms with van der Waals surface area (Å²) in [6.07, 6.45) is 2.68. The van der Waals surface area contributed by atoms with Gasteiger partial charge in [0.25, 0.3) is 0 Å². The van der Waals surface area contributed by atoms with E-state index in [1.165, 1.54) is 0 Å². The normalized spacial score (nSPS) is 15.6. The van der Waals surface area contributed by atoms with Crippen LogP contribution in [0.3, 0.4) is 0 Å². The van der Waals surface area contributed by atoms with Crippen molar-refractivity contribution in [2.45, 2.75) is 19.3 Å². The van der Waals surface area contributed by atoms with Gasteiger partial charge in [0.2, 0.25) is 0 Å². The van der Waals surface area contributed by atoms with E-state index in [4.69, 9.17) is 11.6 Å². The van der Waals surface area contributed by atoms with Crippen molar-refractivity contribution >= 4 is 33.3 Å². The lowest BCUT2D eigenvalue weighted by Gasteiger charge is -2.03. The van der Waals surface area contributed by atoms with E-state index in [1.807, 2.05) is 18.2 Å². The van der Waals surface area contributed by atoms with Gasteiger partial charge < -0.3 is 0 Å². The van der Waals surface area contributed by atoms with Crippen LogP contribution in [0.4, 0.5) is 0 Å². The Kier molecular flexibility index (Phi) is 2.93. The van der Waals surface area contributed by atoms with E-state index in [0.717, 1.165) is 22.9 Å². The van der Waals surface area contributed by atoms with Crippen LogP contribution >= 0.6 is 27.5 Å².